The van der Waals surface area contributed by atoms with Crippen LogP contribution in [0.3, 0.4) is 0 Å². The van der Waals surface area contributed by atoms with Crippen LogP contribution in [0.5, 0.6) is 23.0 Å². The summed E-state index contributed by atoms with van der Waals surface area (Å²) in [5.74, 6) is 3.57. The summed E-state index contributed by atoms with van der Waals surface area (Å²) in [6, 6.07) is 113. The van der Waals surface area contributed by atoms with Crippen LogP contribution in [-0.4, -0.2) is 0 Å². The Balaban J connectivity index is 0.817. The molecule has 0 N–H and O–H groups in total. The Labute approximate surface area is 483 Å². The minimum atomic E-state index is -0.570. The van der Waals surface area contributed by atoms with Gasteiger partial charge < -0.3 is 14.4 Å². The SMILES string of the molecule is c1ccc(-c2ccc(-c3ccccc3N(c3ccc(-c4ccc5c(c4)-c4ccccc4C54c5ccccc5Oc5ccccc54)cc3)c3cccc(-c4cccc5c4-c4ccccc4C54c5ccccc5Oc5ccccc54)c3)cc2)cc1. The van der Waals surface area contributed by atoms with Crippen molar-refractivity contribution >= 4 is 17.1 Å². The molecule has 2 aliphatic heterocycles. The monoisotopic (exact) mass is 1060 g/mol. The lowest BCUT2D eigenvalue weighted by Crippen LogP contribution is -2.32. The summed E-state index contributed by atoms with van der Waals surface area (Å²) in [4.78, 5) is 2.44. The van der Waals surface area contributed by atoms with Crippen LogP contribution >= 0.6 is 0 Å². The number of hydrogen-bond donors (Lipinski definition) is 0. The highest BCUT2D eigenvalue weighted by molar-refractivity contribution is 5.98. The fourth-order valence-corrected chi connectivity index (χ4v) is 14.6. The zero-order valence-corrected chi connectivity index (χ0v) is 45.2. The maximum absolute atomic E-state index is 6.70. The summed E-state index contributed by atoms with van der Waals surface area (Å²) in [5, 5.41) is 0. The molecule has 0 amide bonds. The van der Waals surface area contributed by atoms with Crippen molar-refractivity contribution < 1.29 is 9.47 Å². The molecule has 0 fully saturated rings. The average Bonchev–Trinajstić information content (AvgIpc) is 4.18. The van der Waals surface area contributed by atoms with Crippen molar-refractivity contribution in [3.8, 4) is 89.8 Å². The second kappa shape index (κ2) is 18.4. The normalized spacial score (nSPS) is 13.7. The fourth-order valence-electron chi connectivity index (χ4n) is 14.6. The van der Waals surface area contributed by atoms with Crippen LogP contribution in [0.15, 0.2) is 309 Å². The molecule has 3 heteroatoms. The predicted molar refractivity (Wildman–Crippen MR) is 338 cm³/mol. The number of fused-ring (bicyclic) bond motifs is 18. The molecule has 2 spiro atoms. The van der Waals surface area contributed by atoms with Crippen molar-refractivity contribution in [2.24, 2.45) is 0 Å². The van der Waals surface area contributed by atoms with Gasteiger partial charge in [-0.2, -0.15) is 0 Å². The smallest absolute Gasteiger partial charge is 0.132 e. The second-order valence-electron chi connectivity index (χ2n) is 22.2. The molecule has 388 valence electrons. The lowest BCUT2D eigenvalue weighted by atomic mass is 9.66. The van der Waals surface area contributed by atoms with Crippen LogP contribution in [0, 0.1) is 0 Å². The summed E-state index contributed by atoms with van der Waals surface area (Å²) >= 11 is 0. The molecule has 0 aromatic heterocycles. The van der Waals surface area contributed by atoms with Gasteiger partial charge in [0.25, 0.3) is 0 Å². The largest absolute Gasteiger partial charge is 0.457 e. The molecule has 2 heterocycles. The molecular weight excluding hydrogens is 1010 g/mol. The summed E-state index contributed by atoms with van der Waals surface area (Å²) in [6.07, 6.45) is 0. The molecule has 3 nitrogen and oxygen atoms in total. The van der Waals surface area contributed by atoms with Gasteiger partial charge in [0.15, 0.2) is 0 Å². The van der Waals surface area contributed by atoms with Crippen LogP contribution < -0.4 is 14.4 Å². The topological polar surface area (TPSA) is 21.7 Å². The molecule has 83 heavy (non-hydrogen) atoms. The number of nitrogens with zero attached hydrogens (tertiary/aromatic N) is 1. The van der Waals surface area contributed by atoms with E-state index in [-0.39, 0.29) is 0 Å². The highest BCUT2D eigenvalue weighted by atomic mass is 16.5. The maximum atomic E-state index is 6.70. The number of hydrogen-bond acceptors (Lipinski definition) is 3. The molecule has 0 radical (unpaired) electrons. The summed E-state index contributed by atoms with van der Waals surface area (Å²) in [5.41, 5.74) is 26.1. The summed E-state index contributed by atoms with van der Waals surface area (Å²) in [7, 11) is 0. The highest BCUT2D eigenvalue weighted by Gasteiger charge is 2.53. The predicted octanol–water partition coefficient (Wildman–Crippen LogP) is 20.8. The molecule has 13 aromatic rings. The number of rotatable bonds is 7. The molecule has 0 bridgehead atoms. The lowest BCUT2D eigenvalue weighted by Gasteiger charge is -2.39. The van der Waals surface area contributed by atoms with Crippen LogP contribution in [-0.2, 0) is 10.8 Å². The number of anilines is 3. The van der Waals surface area contributed by atoms with Crippen LogP contribution in [0.25, 0.3) is 66.8 Å². The van der Waals surface area contributed by atoms with Crippen molar-refractivity contribution in [3.63, 3.8) is 0 Å². The fraction of sp³-hybridized carbons (Fsp3) is 0.0250. The Kier molecular flexibility index (Phi) is 10.4. The van der Waals surface area contributed by atoms with Gasteiger partial charge in [-0.05, 0) is 144 Å². The Hall–Kier alpha value is -10.7. The van der Waals surface area contributed by atoms with Crippen molar-refractivity contribution in [2.75, 3.05) is 4.90 Å². The van der Waals surface area contributed by atoms with Crippen LogP contribution in [0.1, 0.15) is 44.5 Å². The van der Waals surface area contributed by atoms with Crippen molar-refractivity contribution in [2.45, 2.75) is 10.8 Å². The van der Waals surface area contributed by atoms with Gasteiger partial charge in [-0.25, -0.2) is 0 Å². The van der Waals surface area contributed by atoms with E-state index in [1.807, 2.05) is 0 Å². The van der Waals surface area contributed by atoms with Gasteiger partial charge in [-0.1, -0.05) is 249 Å². The third-order valence-electron chi connectivity index (χ3n) is 18.0. The molecule has 2 aliphatic carbocycles. The van der Waals surface area contributed by atoms with E-state index in [0.29, 0.717) is 0 Å². The van der Waals surface area contributed by atoms with Gasteiger partial charge in [0.2, 0.25) is 0 Å². The molecule has 13 aromatic carbocycles. The van der Waals surface area contributed by atoms with E-state index in [1.165, 1.54) is 72.3 Å². The van der Waals surface area contributed by atoms with Crippen LogP contribution in [0.2, 0.25) is 0 Å². The second-order valence-corrected chi connectivity index (χ2v) is 22.2. The van der Waals surface area contributed by atoms with Gasteiger partial charge in [0.05, 0.1) is 16.5 Å². The number of benzene rings is 13. The van der Waals surface area contributed by atoms with E-state index < -0.39 is 10.8 Å². The highest BCUT2D eigenvalue weighted by Crippen LogP contribution is 2.65. The zero-order valence-electron chi connectivity index (χ0n) is 45.2. The summed E-state index contributed by atoms with van der Waals surface area (Å²) in [6.45, 7) is 0. The first-order valence-electron chi connectivity index (χ1n) is 28.6. The average molecular weight is 1060 g/mol. The van der Waals surface area contributed by atoms with E-state index >= 15 is 0 Å². The Morgan fingerprint density at radius 1 is 0.217 bits per heavy atom. The Bertz CT molecular complexity index is 4660. The molecular formula is C80H51NO2. The zero-order chi connectivity index (χ0) is 54.6. The van der Waals surface area contributed by atoms with E-state index in [2.05, 4.69) is 314 Å². The van der Waals surface area contributed by atoms with Gasteiger partial charge in [-0.15, -0.1) is 0 Å². The first kappa shape index (κ1) is 47.1. The molecule has 17 rings (SSSR count). The van der Waals surface area contributed by atoms with E-state index in [9.17, 15) is 0 Å². The van der Waals surface area contributed by atoms with Gasteiger partial charge in [0, 0.05) is 39.2 Å². The molecule has 0 saturated heterocycles. The van der Waals surface area contributed by atoms with E-state index in [0.717, 1.165) is 79.0 Å². The van der Waals surface area contributed by atoms with Crippen molar-refractivity contribution in [1.29, 1.82) is 0 Å². The Morgan fingerprint density at radius 3 is 1.27 bits per heavy atom. The van der Waals surface area contributed by atoms with Gasteiger partial charge in [0.1, 0.15) is 23.0 Å². The van der Waals surface area contributed by atoms with Gasteiger partial charge in [-0.3, -0.25) is 0 Å². The Morgan fingerprint density at radius 2 is 0.627 bits per heavy atom. The third-order valence-corrected chi connectivity index (χ3v) is 18.0. The third kappa shape index (κ3) is 6.86. The standard InChI is InChI=1S/C80H51NO2/c1-2-20-52(21-3-1)53-40-42-55(43-41-53)60-24-6-13-35-73(60)81(58-47-44-54(45-48-58)56-46-49-67-64(51-56)62-25-4-7-28-65(62)79(67)68-30-9-14-36-74(68)82-75-37-15-10-31-69(75)79)59-23-18-22-57(50-59)61-27-19-34-72-78(61)63-26-5-8-29-66(63)80(72)70-32-11-16-38-76(70)83-77-39-17-12-33-71(77)80/h1-51H. The van der Waals surface area contributed by atoms with E-state index in [4.69, 9.17) is 9.47 Å². The molecule has 0 atom stereocenters. The maximum Gasteiger partial charge on any atom is 0.132 e. The quantitative estimate of drug-likeness (QED) is 0.159. The van der Waals surface area contributed by atoms with Gasteiger partial charge >= 0.3 is 0 Å². The lowest BCUT2D eigenvalue weighted by molar-refractivity contribution is 0.436. The molecule has 0 unspecified atom stereocenters. The number of ether oxygens (including phenoxy) is 2. The van der Waals surface area contributed by atoms with Crippen molar-refractivity contribution in [3.05, 3.63) is 354 Å². The van der Waals surface area contributed by atoms with Crippen molar-refractivity contribution in [1.82, 2.24) is 0 Å². The van der Waals surface area contributed by atoms with E-state index in [1.54, 1.807) is 0 Å². The summed E-state index contributed by atoms with van der Waals surface area (Å²) < 4.78 is 13.3. The van der Waals surface area contributed by atoms with Crippen LogP contribution in [0.4, 0.5) is 17.1 Å². The first-order chi connectivity index (χ1) is 41.2. The first-order valence-corrected chi connectivity index (χ1v) is 28.6. The minimum Gasteiger partial charge on any atom is -0.457 e. The minimum absolute atomic E-state index is 0.517. The molecule has 0 saturated carbocycles. The number of para-hydroxylation sites is 5. The molecule has 4 aliphatic rings.